The maximum absolute atomic E-state index is 8.23. The summed E-state index contributed by atoms with van der Waals surface area (Å²) in [6, 6.07) is 7.72. The van der Waals surface area contributed by atoms with Crippen LogP contribution in [-0.4, -0.2) is 16.7 Å². The number of hydrogen-bond donors (Lipinski definition) is 0. The highest BCUT2D eigenvalue weighted by atomic mass is 16.5. The third-order valence-electron chi connectivity index (χ3n) is 2.66. The van der Waals surface area contributed by atoms with Crippen LogP contribution in [0, 0.1) is 0 Å². The maximum atomic E-state index is 8.23. The highest BCUT2D eigenvalue weighted by molar-refractivity contribution is 5.82. The van der Waals surface area contributed by atoms with Gasteiger partial charge in [-0.1, -0.05) is 28.5 Å². The van der Waals surface area contributed by atoms with E-state index in [0.717, 1.165) is 16.9 Å². The molecule has 2 heterocycles. The van der Waals surface area contributed by atoms with Crippen molar-refractivity contribution in [2.45, 2.75) is 6.54 Å². The number of ether oxygens (including phenoxy) is 1. The summed E-state index contributed by atoms with van der Waals surface area (Å²) in [7, 11) is 0. The molecular formula is C12H9N5O2. The largest absolute Gasteiger partial charge is 0.488 e. The molecule has 0 bridgehead atoms. The van der Waals surface area contributed by atoms with E-state index >= 15 is 0 Å². The standard InChI is InChI=1S/C12H9N5O2/c13-17-14-6-11-15-12(16-19-11)9-5-8-3-1-2-4-10(8)18-7-9/h1-5H,6-7H2. The van der Waals surface area contributed by atoms with Crippen LogP contribution in [0.4, 0.5) is 0 Å². The predicted octanol–water partition coefficient (Wildman–Crippen LogP) is 2.81. The Morgan fingerprint density at radius 1 is 1.37 bits per heavy atom. The van der Waals surface area contributed by atoms with Gasteiger partial charge < -0.3 is 9.26 Å². The molecule has 2 aromatic rings. The van der Waals surface area contributed by atoms with Crippen molar-refractivity contribution in [2.75, 3.05) is 6.61 Å². The zero-order valence-electron chi connectivity index (χ0n) is 9.85. The predicted molar refractivity (Wildman–Crippen MR) is 67.0 cm³/mol. The average Bonchev–Trinajstić information content (AvgIpc) is 2.93. The van der Waals surface area contributed by atoms with Gasteiger partial charge in [-0.3, -0.25) is 0 Å². The Hall–Kier alpha value is -2.79. The third kappa shape index (κ3) is 2.27. The van der Waals surface area contributed by atoms with Gasteiger partial charge in [0.25, 0.3) is 0 Å². The van der Waals surface area contributed by atoms with Crippen molar-refractivity contribution in [1.29, 1.82) is 0 Å². The first kappa shape index (κ1) is 11.3. The molecule has 0 fully saturated rings. The molecule has 0 unspecified atom stereocenters. The number of para-hydroxylation sites is 1. The van der Waals surface area contributed by atoms with Gasteiger partial charge in [-0.15, -0.1) is 0 Å². The fourth-order valence-corrected chi connectivity index (χ4v) is 1.79. The molecule has 0 radical (unpaired) electrons. The van der Waals surface area contributed by atoms with Crippen molar-refractivity contribution in [3.63, 3.8) is 0 Å². The van der Waals surface area contributed by atoms with E-state index in [1.165, 1.54) is 0 Å². The lowest BCUT2D eigenvalue weighted by molar-refractivity contribution is 0.360. The van der Waals surface area contributed by atoms with Crippen LogP contribution in [0.15, 0.2) is 33.9 Å². The molecule has 7 heteroatoms. The normalized spacial score (nSPS) is 12.9. The second-order valence-electron chi connectivity index (χ2n) is 3.90. The quantitative estimate of drug-likeness (QED) is 0.478. The molecule has 1 aliphatic heterocycles. The van der Waals surface area contributed by atoms with E-state index in [-0.39, 0.29) is 12.4 Å². The fraction of sp³-hybridized carbons (Fsp3) is 0.167. The van der Waals surface area contributed by atoms with E-state index in [9.17, 15) is 0 Å². The Bertz CT molecular complexity index is 685. The minimum absolute atomic E-state index is 0.0498. The lowest BCUT2D eigenvalue weighted by Gasteiger charge is -2.15. The van der Waals surface area contributed by atoms with Gasteiger partial charge in [0.1, 0.15) is 18.9 Å². The molecule has 94 valence electrons. The highest BCUT2D eigenvalue weighted by Gasteiger charge is 2.16. The van der Waals surface area contributed by atoms with Crippen molar-refractivity contribution in [1.82, 2.24) is 10.1 Å². The number of nitrogens with zero attached hydrogens (tertiary/aromatic N) is 5. The van der Waals surface area contributed by atoms with Crippen LogP contribution in [0.2, 0.25) is 0 Å². The van der Waals surface area contributed by atoms with Crippen LogP contribution in [0.1, 0.15) is 17.3 Å². The Kier molecular flexibility index (Phi) is 2.88. The van der Waals surface area contributed by atoms with Gasteiger partial charge in [-0.2, -0.15) is 4.98 Å². The smallest absolute Gasteiger partial charge is 0.232 e. The van der Waals surface area contributed by atoms with Crippen molar-refractivity contribution in [3.8, 4) is 5.75 Å². The molecule has 0 amide bonds. The molecule has 0 atom stereocenters. The van der Waals surface area contributed by atoms with E-state index in [4.69, 9.17) is 14.8 Å². The van der Waals surface area contributed by atoms with Gasteiger partial charge in [-0.25, -0.2) is 0 Å². The van der Waals surface area contributed by atoms with E-state index < -0.39 is 0 Å². The van der Waals surface area contributed by atoms with E-state index in [2.05, 4.69) is 20.2 Å². The molecule has 19 heavy (non-hydrogen) atoms. The van der Waals surface area contributed by atoms with Gasteiger partial charge in [0.2, 0.25) is 11.7 Å². The van der Waals surface area contributed by atoms with Crippen molar-refractivity contribution < 1.29 is 9.26 Å². The van der Waals surface area contributed by atoms with Crippen LogP contribution >= 0.6 is 0 Å². The van der Waals surface area contributed by atoms with Crippen LogP contribution < -0.4 is 4.74 Å². The van der Waals surface area contributed by atoms with E-state index in [1.54, 1.807) is 0 Å². The first-order chi connectivity index (χ1) is 9.36. The molecule has 0 saturated heterocycles. The van der Waals surface area contributed by atoms with Crippen molar-refractivity contribution in [2.24, 2.45) is 5.11 Å². The summed E-state index contributed by atoms with van der Waals surface area (Å²) in [6.45, 7) is 0.436. The Labute approximate surface area is 108 Å². The molecule has 0 N–H and O–H groups in total. The summed E-state index contributed by atoms with van der Waals surface area (Å²) in [5.41, 5.74) is 10.0. The SMILES string of the molecule is [N-]=[N+]=NCc1nc(C2=Cc3ccccc3OC2)no1. The maximum Gasteiger partial charge on any atom is 0.232 e. The van der Waals surface area contributed by atoms with E-state index in [1.807, 2.05) is 30.3 Å². The number of hydrogen-bond acceptors (Lipinski definition) is 5. The average molecular weight is 255 g/mol. The lowest BCUT2D eigenvalue weighted by atomic mass is 10.1. The molecule has 1 aliphatic rings. The van der Waals surface area contributed by atoms with Crippen LogP contribution in [0.3, 0.4) is 0 Å². The number of aromatic nitrogens is 2. The van der Waals surface area contributed by atoms with Gasteiger partial charge in [-0.05, 0) is 17.7 Å². The van der Waals surface area contributed by atoms with Gasteiger partial charge in [0, 0.05) is 16.0 Å². The van der Waals surface area contributed by atoms with Crippen LogP contribution in [0.5, 0.6) is 5.75 Å². The molecule has 0 aliphatic carbocycles. The fourth-order valence-electron chi connectivity index (χ4n) is 1.79. The molecule has 0 spiro atoms. The van der Waals surface area contributed by atoms with Crippen LogP contribution in [0.25, 0.3) is 22.1 Å². The first-order valence-electron chi connectivity index (χ1n) is 5.63. The Morgan fingerprint density at radius 2 is 2.26 bits per heavy atom. The minimum Gasteiger partial charge on any atom is -0.488 e. The minimum atomic E-state index is 0.0498. The Balaban J connectivity index is 1.89. The second kappa shape index (κ2) is 4.83. The lowest BCUT2D eigenvalue weighted by Crippen LogP contribution is -2.07. The zero-order chi connectivity index (χ0) is 13.1. The molecule has 7 nitrogen and oxygen atoms in total. The van der Waals surface area contributed by atoms with Crippen molar-refractivity contribution in [3.05, 3.63) is 52.0 Å². The molecular weight excluding hydrogens is 246 g/mol. The topological polar surface area (TPSA) is 96.9 Å². The zero-order valence-corrected chi connectivity index (χ0v) is 9.85. The summed E-state index contributed by atoms with van der Waals surface area (Å²) < 4.78 is 10.6. The Morgan fingerprint density at radius 3 is 3.16 bits per heavy atom. The molecule has 0 saturated carbocycles. The number of fused-ring (bicyclic) bond motifs is 1. The van der Waals surface area contributed by atoms with Gasteiger partial charge in [0.15, 0.2) is 0 Å². The van der Waals surface area contributed by atoms with Crippen molar-refractivity contribution >= 4 is 11.6 Å². The first-order valence-corrected chi connectivity index (χ1v) is 5.63. The molecule has 1 aromatic heterocycles. The monoisotopic (exact) mass is 255 g/mol. The summed E-state index contributed by atoms with van der Waals surface area (Å²) in [5.74, 6) is 1.58. The second-order valence-corrected chi connectivity index (χ2v) is 3.90. The summed E-state index contributed by atoms with van der Waals surface area (Å²) in [6.07, 6.45) is 1.96. The summed E-state index contributed by atoms with van der Waals surface area (Å²) in [5, 5.41) is 7.22. The molecule has 1 aromatic carbocycles. The summed E-state index contributed by atoms with van der Waals surface area (Å²) in [4.78, 5) is 6.79. The molecule has 3 rings (SSSR count). The van der Waals surface area contributed by atoms with Crippen LogP contribution in [-0.2, 0) is 6.54 Å². The summed E-state index contributed by atoms with van der Waals surface area (Å²) >= 11 is 0. The number of azide groups is 1. The van der Waals surface area contributed by atoms with Gasteiger partial charge in [0.05, 0.1) is 0 Å². The van der Waals surface area contributed by atoms with Gasteiger partial charge >= 0.3 is 0 Å². The number of rotatable bonds is 3. The number of benzene rings is 1. The highest BCUT2D eigenvalue weighted by Crippen LogP contribution is 2.29. The van der Waals surface area contributed by atoms with E-state index in [0.29, 0.717) is 12.4 Å². The third-order valence-corrected chi connectivity index (χ3v) is 2.66.